The molecule has 2 amide bonds. The second kappa shape index (κ2) is 6.42. The van der Waals surface area contributed by atoms with Gasteiger partial charge < -0.3 is 10.2 Å². The molecule has 106 valence electrons. The molecule has 1 aliphatic heterocycles. The first kappa shape index (κ1) is 14.4. The van der Waals surface area contributed by atoms with Gasteiger partial charge in [-0.3, -0.25) is 0 Å². The van der Waals surface area contributed by atoms with Crippen molar-refractivity contribution in [3.8, 4) is 0 Å². The minimum Gasteiger partial charge on any atom is -0.338 e. The Morgan fingerprint density at radius 3 is 3.11 bits per heavy atom. The number of carbonyl (C=O) groups excluding carboxylic acids is 1. The summed E-state index contributed by atoms with van der Waals surface area (Å²) < 4.78 is 0. The zero-order valence-electron chi connectivity index (χ0n) is 12.1. The number of urea groups is 1. The zero-order valence-corrected chi connectivity index (χ0v) is 12.9. The molecule has 4 heteroatoms. The summed E-state index contributed by atoms with van der Waals surface area (Å²) in [6.07, 6.45) is 3.23. The summed E-state index contributed by atoms with van der Waals surface area (Å²) in [5, 5.41) is 5.18. The summed E-state index contributed by atoms with van der Waals surface area (Å²) in [6, 6.07) is 2.45. The molecule has 0 aromatic carbocycles. The average molecular weight is 280 g/mol. The third kappa shape index (κ3) is 3.50. The van der Waals surface area contributed by atoms with Gasteiger partial charge in [-0.25, -0.2) is 4.79 Å². The van der Waals surface area contributed by atoms with Gasteiger partial charge in [0.15, 0.2) is 0 Å². The molecule has 1 unspecified atom stereocenters. The van der Waals surface area contributed by atoms with Crippen LogP contribution >= 0.6 is 11.3 Å². The minimum atomic E-state index is 0.0908. The summed E-state index contributed by atoms with van der Waals surface area (Å²) >= 11 is 1.81. The van der Waals surface area contributed by atoms with Crippen molar-refractivity contribution in [1.82, 2.24) is 10.2 Å². The van der Waals surface area contributed by atoms with Crippen molar-refractivity contribution in [3.05, 3.63) is 21.9 Å². The van der Waals surface area contributed by atoms with E-state index in [2.05, 4.69) is 37.5 Å². The SMILES string of the molecule is CC(C)CCCNC(=O)N1CCc2sccc2C1C. The van der Waals surface area contributed by atoms with Crippen molar-refractivity contribution in [3.63, 3.8) is 0 Å². The highest BCUT2D eigenvalue weighted by molar-refractivity contribution is 7.10. The van der Waals surface area contributed by atoms with Crippen LogP contribution in [0.5, 0.6) is 0 Å². The highest BCUT2D eigenvalue weighted by Gasteiger charge is 2.27. The Kier molecular flexibility index (Phi) is 4.86. The molecule has 0 aliphatic carbocycles. The number of fused-ring (bicyclic) bond motifs is 1. The Morgan fingerprint density at radius 2 is 2.37 bits per heavy atom. The van der Waals surface area contributed by atoms with Crippen LogP contribution in [-0.4, -0.2) is 24.0 Å². The molecule has 1 aromatic heterocycles. The molecule has 0 saturated heterocycles. The summed E-state index contributed by atoms with van der Waals surface area (Å²) in [4.78, 5) is 15.6. The van der Waals surface area contributed by atoms with Crippen molar-refractivity contribution in [2.24, 2.45) is 5.92 Å². The zero-order chi connectivity index (χ0) is 13.8. The molecule has 0 spiro atoms. The van der Waals surface area contributed by atoms with Crippen molar-refractivity contribution < 1.29 is 4.79 Å². The summed E-state index contributed by atoms with van der Waals surface area (Å²) in [5.74, 6) is 0.708. The minimum absolute atomic E-state index is 0.0908. The fourth-order valence-electron chi connectivity index (χ4n) is 2.59. The van der Waals surface area contributed by atoms with Crippen molar-refractivity contribution >= 4 is 17.4 Å². The number of nitrogens with one attached hydrogen (secondary N) is 1. The first-order valence-corrected chi connectivity index (χ1v) is 8.08. The van der Waals surface area contributed by atoms with E-state index in [1.807, 2.05) is 16.2 Å². The Bertz CT molecular complexity index is 428. The van der Waals surface area contributed by atoms with Gasteiger partial charge in [0.05, 0.1) is 6.04 Å². The van der Waals surface area contributed by atoms with Crippen LogP contribution in [0.2, 0.25) is 0 Å². The van der Waals surface area contributed by atoms with Gasteiger partial charge in [-0.05, 0) is 49.1 Å². The van der Waals surface area contributed by atoms with Gasteiger partial charge in [0.25, 0.3) is 0 Å². The fourth-order valence-corrected chi connectivity index (χ4v) is 3.56. The van der Waals surface area contributed by atoms with E-state index in [-0.39, 0.29) is 12.1 Å². The lowest BCUT2D eigenvalue weighted by Gasteiger charge is -2.33. The molecular formula is C15H24N2OS. The quantitative estimate of drug-likeness (QED) is 0.836. The van der Waals surface area contributed by atoms with Crippen LogP contribution in [0.15, 0.2) is 11.4 Å². The predicted molar refractivity (Wildman–Crippen MR) is 80.6 cm³/mol. The Hall–Kier alpha value is -1.03. The van der Waals surface area contributed by atoms with Gasteiger partial charge in [-0.15, -0.1) is 11.3 Å². The van der Waals surface area contributed by atoms with E-state index < -0.39 is 0 Å². The van der Waals surface area contributed by atoms with Gasteiger partial charge in [0, 0.05) is 18.0 Å². The smallest absolute Gasteiger partial charge is 0.317 e. The van der Waals surface area contributed by atoms with E-state index in [1.165, 1.54) is 16.9 Å². The average Bonchev–Trinajstić information content (AvgIpc) is 2.83. The van der Waals surface area contributed by atoms with Crippen molar-refractivity contribution in [2.45, 2.75) is 46.1 Å². The lowest BCUT2D eigenvalue weighted by atomic mass is 10.0. The first-order chi connectivity index (χ1) is 9.09. The third-order valence-corrected chi connectivity index (χ3v) is 4.77. The molecule has 1 aliphatic rings. The molecule has 1 atom stereocenters. The number of carbonyl (C=O) groups is 1. The van der Waals surface area contributed by atoms with E-state index in [1.54, 1.807) is 0 Å². The molecule has 0 bridgehead atoms. The Labute approximate surface area is 120 Å². The number of thiophene rings is 1. The van der Waals surface area contributed by atoms with Crippen LogP contribution in [0.25, 0.3) is 0 Å². The molecule has 1 aromatic rings. The molecule has 19 heavy (non-hydrogen) atoms. The lowest BCUT2D eigenvalue weighted by molar-refractivity contribution is 0.175. The molecule has 1 N–H and O–H groups in total. The normalized spacial score (nSPS) is 18.5. The van der Waals surface area contributed by atoms with E-state index >= 15 is 0 Å². The van der Waals surface area contributed by atoms with Crippen LogP contribution in [0, 0.1) is 5.92 Å². The largest absolute Gasteiger partial charge is 0.338 e. The van der Waals surface area contributed by atoms with Crippen molar-refractivity contribution in [2.75, 3.05) is 13.1 Å². The van der Waals surface area contributed by atoms with E-state index in [9.17, 15) is 4.79 Å². The predicted octanol–water partition coefficient (Wildman–Crippen LogP) is 3.81. The second-order valence-corrected chi connectivity index (χ2v) is 6.69. The number of amides is 2. The lowest BCUT2D eigenvalue weighted by Crippen LogP contribution is -2.44. The highest BCUT2D eigenvalue weighted by Crippen LogP contribution is 2.32. The van der Waals surface area contributed by atoms with Gasteiger partial charge >= 0.3 is 6.03 Å². The Morgan fingerprint density at radius 1 is 1.58 bits per heavy atom. The van der Waals surface area contributed by atoms with Gasteiger partial charge in [0.1, 0.15) is 0 Å². The number of hydrogen-bond donors (Lipinski definition) is 1. The fraction of sp³-hybridized carbons (Fsp3) is 0.667. The van der Waals surface area contributed by atoms with Crippen molar-refractivity contribution in [1.29, 1.82) is 0 Å². The maximum absolute atomic E-state index is 12.2. The van der Waals surface area contributed by atoms with Gasteiger partial charge in [-0.1, -0.05) is 13.8 Å². The molecule has 0 fully saturated rings. The molecule has 0 saturated carbocycles. The van der Waals surface area contributed by atoms with Gasteiger partial charge in [0.2, 0.25) is 0 Å². The third-order valence-electron chi connectivity index (χ3n) is 3.77. The summed E-state index contributed by atoms with van der Waals surface area (Å²) in [5.41, 5.74) is 1.33. The van der Waals surface area contributed by atoms with Crippen LogP contribution in [0.1, 0.15) is 50.1 Å². The molecule has 3 nitrogen and oxygen atoms in total. The first-order valence-electron chi connectivity index (χ1n) is 7.20. The number of rotatable bonds is 4. The van der Waals surface area contributed by atoms with E-state index in [4.69, 9.17) is 0 Å². The maximum Gasteiger partial charge on any atom is 0.317 e. The van der Waals surface area contributed by atoms with E-state index in [0.29, 0.717) is 5.92 Å². The van der Waals surface area contributed by atoms with Crippen LogP contribution in [-0.2, 0) is 6.42 Å². The highest BCUT2D eigenvalue weighted by atomic mass is 32.1. The standard InChI is InChI=1S/C15H24N2OS/c1-11(2)5-4-8-16-15(18)17-9-6-14-13(12(17)3)7-10-19-14/h7,10-12H,4-6,8-9H2,1-3H3,(H,16,18). The number of hydrogen-bond acceptors (Lipinski definition) is 2. The monoisotopic (exact) mass is 280 g/mol. The Balaban J connectivity index is 1.84. The topological polar surface area (TPSA) is 32.3 Å². The molecular weight excluding hydrogens is 256 g/mol. The number of nitrogens with zero attached hydrogens (tertiary/aromatic N) is 1. The van der Waals surface area contributed by atoms with Crippen LogP contribution in [0.4, 0.5) is 4.79 Å². The maximum atomic E-state index is 12.2. The second-order valence-electron chi connectivity index (χ2n) is 5.69. The molecule has 2 rings (SSSR count). The van der Waals surface area contributed by atoms with E-state index in [0.717, 1.165) is 25.9 Å². The summed E-state index contributed by atoms with van der Waals surface area (Å²) in [6.45, 7) is 8.18. The molecule has 2 heterocycles. The summed E-state index contributed by atoms with van der Waals surface area (Å²) in [7, 11) is 0. The molecule has 0 radical (unpaired) electrons. The van der Waals surface area contributed by atoms with Crippen LogP contribution < -0.4 is 5.32 Å². The van der Waals surface area contributed by atoms with Crippen LogP contribution in [0.3, 0.4) is 0 Å². The van der Waals surface area contributed by atoms with Gasteiger partial charge in [-0.2, -0.15) is 0 Å².